The molecule has 0 saturated heterocycles. The summed E-state index contributed by atoms with van der Waals surface area (Å²) in [5.41, 5.74) is 0. The van der Waals surface area contributed by atoms with E-state index in [-0.39, 0.29) is 0 Å². The third-order valence-corrected chi connectivity index (χ3v) is 4.41. The molecule has 0 amide bonds. The van der Waals surface area contributed by atoms with Crippen LogP contribution in [-0.2, 0) is 0 Å². The molecule has 0 bridgehead atoms. The molecule has 1 saturated carbocycles. The third-order valence-electron chi connectivity index (χ3n) is 3.12. The zero-order valence-corrected chi connectivity index (χ0v) is 10.5. The van der Waals surface area contributed by atoms with Crippen LogP contribution in [0, 0.1) is 0 Å². The maximum Gasteiger partial charge on any atom is 0.187 e. The highest BCUT2D eigenvalue weighted by atomic mass is 32.2. The second kappa shape index (κ2) is 6.21. The number of rotatable bonds is 3. The summed E-state index contributed by atoms with van der Waals surface area (Å²) in [4.78, 5) is 8.59. The van der Waals surface area contributed by atoms with Gasteiger partial charge in [0.25, 0.3) is 0 Å². The molecule has 1 aliphatic carbocycles. The summed E-state index contributed by atoms with van der Waals surface area (Å²) < 4.78 is 0. The predicted octanol–water partition coefficient (Wildman–Crippen LogP) is 2.49. The lowest BCUT2D eigenvalue weighted by Crippen LogP contribution is -2.34. The lowest BCUT2D eigenvalue weighted by molar-refractivity contribution is 0.509. The molecule has 2 rings (SSSR count). The van der Waals surface area contributed by atoms with Crippen molar-refractivity contribution in [2.75, 3.05) is 7.05 Å². The maximum atomic E-state index is 4.30. The van der Waals surface area contributed by atoms with E-state index in [1.54, 1.807) is 0 Å². The molecule has 2 atom stereocenters. The van der Waals surface area contributed by atoms with E-state index in [9.17, 15) is 0 Å². The standard InChI is InChI=1S/C12H19N3S/c1-13-10-6-3-2-4-7-11(10)16-12-14-8-5-9-15-12/h5,8-11,13H,2-4,6-7H2,1H3. The Morgan fingerprint density at radius 3 is 2.69 bits per heavy atom. The van der Waals surface area contributed by atoms with Crippen LogP contribution in [0.5, 0.6) is 0 Å². The number of thioether (sulfide) groups is 1. The van der Waals surface area contributed by atoms with Gasteiger partial charge in [0.15, 0.2) is 5.16 Å². The lowest BCUT2D eigenvalue weighted by atomic mass is 10.1. The van der Waals surface area contributed by atoms with Crippen molar-refractivity contribution in [1.29, 1.82) is 0 Å². The molecule has 2 unspecified atom stereocenters. The third kappa shape index (κ3) is 3.19. The van der Waals surface area contributed by atoms with Gasteiger partial charge in [-0.2, -0.15) is 0 Å². The SMILES string of the molecule is CNC1CCCCCC1Sc1ncccn1. The smallest absolute Gasteiger partial charge is 0.187 e. The van der Waals surface area contributed by atoms with Crippen molar-refractivity contribution in [3.63, 3.8) is 0 Å². The zero-order chi connectivity index (χ0) is 11.2. The van der Waals surface area contributed by atoms with Crippen LogP contribution < -0.4 is 5.32 Å². The first-order valence-corrected chi connectivity index (χ1v) is 6.89. The Kier molecular flexibility index (Phi) is 4.60. The van der Waals surface area contributed by atoms with Gasteiger partial charge in [0.05, 0.1) is 0 Å². The fourth-order valence-corrected chi connectivity index (χ4v) is 3.46. The fourth-order valence-electron chi connectivity index (χ4n) is 2.23. The average Bonchev–Trinajstić information content (AvgIpc) is 2.55. The Morgan fingerprint density at radius 1 is 1.19 bits per heavy atom. The summed E-state index contributed by atoms with van der Waals surface area (Å²) in [6.45, 7) is 0. The fraction of sp³-hybridized carbons (Fsp3) is 0.667. The maximum absolute atomic E-state index is 4.30. The van der Waals surface area contributed by atoms with E-state index in [0.29, 0.717) is 11.3 Å². The van der Waals surface area contributed by atoms with Gasteiger partial charge in [-0.3, -0.25) is 0 Å². The molecular weight excluding hydrogens is 218 g/mol. The molecule has 16 heavy (non-hydrogen) atoms. The predicted molar refractivity (Wildman–Crippen MR) is 67.6 cm³/mol. The van der Waals surface area contributed by atoms with Crippen LogP contribution >= 0.6 is 11.8 Å². The quantitative estimate of drug-likeness (QED) is 0.647. The van der Waals surface area contributed by atoms with E-state index in [1.165, 1.54) is 32.1 Å². The molecule has 4 heteroatoms. The number of nitrogens with zero attached hydrogens (tertiary/aromatic N) is 2. The van der Waals surface area contributed by atoms with Gasteiger partial charge in [-0.05, 0) is 26.0 Å². The summed E-state index contributed by atoms with van der Waals surface area (Å²) >= 11 is 1.83. The van der Waals surface area contributed by atoms with E-state index in [0.717, 1.165) is 5.16 Å². The minimum Gasteiger partial charge on any atom is -0.316 e. The molecule has 88 valence electrons. The molecule has 0 spiro atoms. The highest BCUT2D eigenvalue weighted by molar-refractivity contribution is 7.99. The van der Waals surface area contributed by atoms with Crippen molar-refractivity contribution in [3.8, 4) is 0 Å². The summed E-state index contributed by atoms with van der Waals surface area (Å²) in [6.07, 6.45) is 10.2. The Morgan fingerprint density at radius 2 is 1.94 bits per heavy atom. The van der Waals surface area contributed by atoms with Gasteiger partial charge in [0.2, 0.25) is 0 Å². The van der Waals surface area contributed by atoms with E-state index >= 15 is 0 Å². The molecule has 1 aliphatic rings. The van der Waals surface area contributed by atoms with Crippen LogP contribution in [0.25, 0.3) is 0 Å². The number of nitrogens with one attached hydrogen (secondary N) is 1. The lowest BCUT2D eigenvalue weighted by Gasteiger charge is -2.23. The summed E-state index contributed by atoms with van der Waals surface area (Å²) in [5, 5.41) is 4.97. The molecule has 0 aliphatic heterocycles. The molecular formula is C12H19N3S. The summed E-state index contributed by atoms with van der Waals surface area (Å²) in [5.74, 6) is 0. The average molecular weight is 237 g/mol. The van der Waals surface area contributed by atoms with Crippen molar-refractivity contribution in [3.05, 3.63) is 18.5 Å². The van der Waals surface area contributed by atoms with Crippen LogP contribution in [0.4, 0.5) is 0 Å². The largest absolute Gasteiger partial charge is 0.316 e. The number of hydrogen-bond donors (Lipinski definition) is 1. The number of aromatic nitrogens is 2. The molecule has 0 aromatic carbocycles. The van der Waals surface area contributed by atoms with Crippen LogP contribution in [0.15, 0.2) is 23.6 Å². The van der Waals surface area contributed by atoms with E-state index in [4.69, 9.17) is 0 Å². The molecule has 1 aromatic heterocycles. The highest BCUT2D eigenvalue weighted by Gasteiger charge is 2.23. The highest BCUT2D eigenvalue weighted by Crippen LogP contribution is 2.30. The molecule has 1 N–H and O–H groups in total. The van der Waals surface area contributed by atoms with Gasteiger partial charge >= 0.3 is 0 Å². The first kappa shape index (κ1) is 11.9. The second-order valence-corrected chi connectivity index (χ2v) is 5.43. The molecule has 3 nitrogen and oxygen atoms in total. The molecule has 1 fully saturated rings. The number of hydrogen-bond acceptors (Lipinski definition) is 4. The van der Waals surface area contributed by atoms with Gasteiger partial charge in [-0.25, -0.2) is 9.97 Å². The zero-order valence-electron chi connectivity index (χ0n) is 9.72. The van der Waals surface area contributed by atoms with Gasteiger partial charge in [-0.1, -0.05) is 31.0 Å². The summed E-state index contributed by atoms with van der Waals surface area (Å²) in [7, 11) is 2.06. The van der Waals surface area contributed by atoms with Gasteiger partial charge in [-0.15, -0.1) is 0 Å². The molecule has 1 heterocycles. The molecule has 1 aromatic rings. The molecule has 0 radical (unpaired) electrons. The van der Waals surface area contributed by atoms with Crippen LogP contribution in [0.2, 0.25) is 0 Å². The normalized spacial score (nSPS) is 26.3. The van der Waals surface area contributed by atoms with E-state index in [1.807, 2.05) is 30.2 Å². The topological polar surface area (TPSA) is 37.8 Å². The van der Waals surface area contributed by atoms with Gasteiger partial charge < -0.3 is 5.32 Å². The van der Waals surface area contributed by atoms with Crippen molar-refractivity contribution >= 4 is 11.8 Å². The second-order valence-electron chi connectivity index (χ2n) is 4.22. The Labute approximate surface area is 101 Å². The van der Waals surface area contributed by atoms with Crippen LogP contribution in [0.3, 0.4) is 0 Å². The Bertz CT molecular complexity index is 304. The first-order valence-electron chi connectivity index (χ1n) is 6.01. The van der Waals surface area contributed by atoms with E-state index in [2.05, 4.69) is 22.3 Å². The van der Waals surface area contributed by atoms with Crippen molar-refractivity contribution in [1.82, 2.24) is 15.3 Å². The summed E-state index contributed by atoms with van der Waals surface area (Å²) in [6, 6.07) is 2.48. The van der Waals surface area contributed by atoms with Gasteiger partial charge in [0.1, 0.15) is 0 Å². The van der Waals surface area contributed by atoms with Crippen LogP contribution in [-0.4, -0.2) is 28.3 Å². The van der Waals surface area contributed by atoms with Crippen LogP contribution in [0.1, 0.15) is 32.1 Å². The van der Waals surface area contributed by atoms with Gasteiger partial charge in [0, 0.05) is 23.7 Å². The first-order chi connectivity index (χ1) is 7.90. The Hall–Kier alpha value is -0.610. The van der Waals surface area contributed by atoms with E-state index < -0.39 is 0 Å². The minimum absolute atomic E-state index is 0.608. The van der Waals surface area contributed by atoms with Crippen molar-refractivity contribution in [2.45, 2.75) is 48.6 Å². The van der Waals surface area contributed by atoms with Crippen molar-refractivity contribution < 1.29 is 0 Å². The van der Waals surface area contributed by atoms with Crippen molar-refractivity contribution in [2.24, 2.45) is 0 Å². The Balaban J connectivity index is 2.00. The monoisotopic (exact) mass is 237 g/mol. The minimum atomic E-state index is 0.608.